The van der Waals surface area contributed by atoms with Crippen LogP contribution in [-0.2, 0) is 9.53 Å². The zero-order chi connectivity index (χ0) is 11.2. The molecule has 86 valence electrons. The summed E-state index contributed by atoms with van der Waals surface area (Å²) >= 11 is 0. The van der Waals surface area contributed by atoms with Gasteiger partial charge in [-0.2, -0.15) is 0 Å². The summed E-state index contributed by atoms with van der Waals surface area (Å²) in [6.45, 7) is 3.18. The van der Waals surface area contributed by atoms with Gasteiger partial charge < -0.3 is 9.64 Å². The zero-order valence-electron chi connectivity index (χ0n) is 8.87. The van der Waals surface area contributed by atoms with Crippen molar-refractivity contribution in [3.8, 4) is 0 Å². The van der Waals surface area contributed by atoms with Gasteiger partial charge in [0.1, 0.15) is 5.72 Å². The van der Waals surface area contributed by atoms with Crippen LogP contribution in [0.5, 0.6) is 0 Å². The average Bonchev–Trinajstić information content (AvgIpc) is 2.59. The van der Waals surface area contributed by atoms with E-state index in [1.807, 2.05) is 0 Å². The molecule has 0 bridgehead atoms. The Kier molecular flexibility index (Phi) is 2.45. The van der Waals surface area contributed by atoms with Crippen LogP contribution in [0.4, 0.5) is 8.78 Å². The largest absolute Gasteiger partial charge is 0.354 e. The minimum atomic E-state index is -1.56. The third kappa shape index (κ3) is 1.44. The lowest BCUT2D eigenvalue weighted by molar-refractivity contribution is -0.145. The number of rotatable bonds is 2. The Hall–Kier alpha value is -0.710. The fourth-order valence-electron chi connectivity index (χ4n) is 2.55. The second-order valence-electron chi connectivity index (χ2n) is 4.58. The first kappa shape index (κ1) is 10.8. The summed E-state index contributed by atoms with van der Waals surface area (Å²) in [4.78, 5) is 13.1. The maximum absolute atomic E-state index is 13.6. The molecule has 0 aromatic rings. The SMILES string of the molecule is CC1(C)OC[C@@H]2[C@H](CCF)[C@@H](F)C(=O)N21. The predicted octanol–water partition coefficient (Wildman–Crippen LogP) is 1.28. The number of alkyl halides is 2. The van der Waals surface area contributed by atoms with E-state index in [1.54, 1.807) is 13.8 Å². The van der Waals surface area contributed by atoms with Gasteiger partial charge in [0.05, 0.1) is 19.3 Å². The summed E-state index contributed by atoms with van der Waals surface area (Å²) in [5.41, 5.74) is -0.753. The Morgan fingerprint density at radius 3 is 2.87 bits per heavy atom. The molecule has 0 saturated carbocycles. The van der Waals surface area contributed by atoms with Crippen molar-refractivity contribution in [1.29, 1.82) is 0 Å². The molecule has 2 fully saturated rings. The van der Waals surface area contributed by atoms with E-state index in [1.165, 1.54) is 4.90 Å². The number of amides is 1. The molecule has 3 atom stereocenters. The van der Waals surface area contributed by atoms with Crippen molar-refractivity contribution in [3.63, 3.8) is 0 Å². The van der Waals surface area contributed by atoms with E-state index < -0.39 is 30.4 Å². The Morgan fingerprint density at radius 1 is 1.60 bits per heavy atom. The highest BCUT2D eigenvalue weighted by atomic mass is 19.1. The number of carbonyl (C=O) groups excluding carboxylic acids is 1. The number of fused-ring (bicyclic) bond motifs is 1. The van der Waals surface area contributed by atoms with E-state index in [2.05, 4.69) is 0 Å². The Labute approximate surface area is 87.4 Å². The van der Waals surface area contributed by atoms with E-state index in [9.17, 15) is 13.6 Å². The molecule has 0 aromatic carbocycles. The zero-order valence-corrected chi connectivity index (χ0v) is 8.87. The number of nitrogens with zero attached hydrogens (tertiary/aromatic N) is 1. The summed E-state index contributed by atoms with van der Waals surface area (Å²) < 4.78 is 31.3. The maximum atomic E-state index is 13.6. The van der Waals surface area contributed by atoms with Gasteiger partial charge in [-0.1, -0.05) is 0 Å². The molecule has 1 amide bonds. The smallest absolute Gasteiger partial charge is 0.260 e. The molecule has 15 heavy (non-hydrogen) atoms. The van der Waals surface area contributed by atoms with Gasteiger partial charge in [0, 0.05) is 5.92 Å². The van der Waals surface area contributed by atoms with Crippen molar-refractivity contribution < 1.29 is 18.3 Å². The second-order valence-corrected chi connectivity index (χ2v) is 4.58. The van der Waals surface area contributed by atoms with E-state index >= 15 is 0 Å². The van der Waals surface area contributed by atoms with Crippen LogP contribution >= 0.6 is 0 Å². The summed E-state index contributed by atoms with van der Waals surface area (Å²) in [6.07, 6.45) is -1.47. The molecule has 2 aliphatic rings. The van der Waals surface area contributed by atoms with E-state index in [-0.39, 0.29) is 12.5 Å². The van der Waals surface area contributed by atoms with Crippen LogP contribution in [0.3, 0.4) is 0 Å². The third-order valence-electron chi connectivity index (χ3n) is 3.31. The monoisotopic (exact) mass is 219 g/mol. The van der Waals surface area contributed by atoms with Crippen LogP contribution < -0.4 is 0 Å². The second kappa shape index (κ2) is 3.40. The summed E-state index contributed by atoms with van der Waals surface area (Å²) in [5.74, 6) is -1.11. The summed E-state index contributed by atoms with van der Waals surface area (Å²) in [5, 5.41) is 0. The van der Waals surface area contributed by atoms with Crippen LogP contribution in [0, 0.1) is 5.92 Å². The van der Waals surface area contributed by atoms with Gasteiger partial charge in [-0.15, -0.1) is 0 Å². The highest BCUT2D eigenvalue weighted by Crippen LogP contribution is 2.41. The molecule has 0 spiro atoms. The van der Waals surface area contributed by atoms with Gasteiger partial charge in [0.2, 0.25) is 0 Å². The van der Waals surface area contributed by atoms with Crippen molar-refractivity contribution in [1.82, 2.24) is 4.90 Å². The number of ether oxygens (including phenoxy) is 1. The van der Waals surface area contributed by atoms with Crippen LogP contribution in [-0.4, -0.2) is 42.0 Å². The van der Waals surface area contributed by atoms with Crippen molar-refractivity contribution in [2.24, 2.45) is 5.92 Å². The van der Waals surface area contributed by atoms with Gasteiger partial charge in [-0.25, -0.2) is 4.39 Å². The first-order valence-electron chi connectivity index (χ1n) is 5.16. The third-order valence-corrected chi connectivity index (χ3v) is 3.31. The summed E-state index contributed by atoms with van der Waals surface area (Å²) in [7, 11) is 0. The van der Waals surface area contributed by atoms with Gasteiger partial charge in [-0.3, -0.25) is 9.18 Å². The molecular formula is C10H15F2NO2. The molecule has 3 nitrogen and oxygen atoms in total. The summed E-state index contributed by atoms with van der Waals surface area (Å²) in [6, 6.07) is -0.293. The average molecular weight is 219 g/mol. The van der Waals surface area contributed by atoms with Crippen LogP contribution in [0.25, 0.3) is 0 Å². The maximum Gasteiger partial charge on any atom is 0.260 e. The number of halogens is 2. The van der Waals surface area contributed by atoms with Crippen molar-refractivity contribution in [2.45, 2.75) is 38.2 Å². The molecule has 2 rings (SSSR count). The minimum absolute atomic E-state index is 0.0908. The fourth-order valence-corrected chi connectivity index (χ4v) is 2.55. The standard InChI is InChI=1S/C10H15F2NO2/c1-10(2)13-7(5-15-10)6(3-4-11)8(12)9(13)14/h6-8H,3-5H2,1-2H3/t6-,7+,8+/m0/s1. The predicted molar refractivity (Wildman–Crippen MR) is 49.6 cm³/mol. The van der Waals surface area contributed by atoms with Crippen LogP contribution in [0.1, 0.15) is 20.3 Å². The lowest BCUT2D eigenvalue weighted by atomic mass is 9.96. The van der Waals surface area contributed by atoms with Crippen LogP contribution in [0.15, 0.2) is 0 Å². The lowest BCUT2D eigenvalue weighted by Gasteiger charge is -2.29. The topological polar surface area (TPSA) is 29.5 Å². The highest BCUT2D eigenvalue weighted by Gasteiger charge is 2.57. The number of hydrogen-bond donors (Lipinski definition) is 0. The van der Waals surface area contributed by atoms with Gasteiger partial charge in [0.25, 0.3) is 5.91 Å². The van der Waals surface area contributed by atoms with E-state index in [0.29, 0.717) is 6.61 Å². The normalized spacial score (nSPS) is 38.5. The van der Waals surface area contributed by atoms with Crippen molar-refractivity contribution in [3.05, 3.63) is 0 Å². The molecule has 0 aliphatic carbocycles. The van der Waals surface area contributed by atoms with Gasteiger partial charge >= 0.3 is 0 Å². The first-order valence-corrected chi connectivity index (χ1v) is 5.16. The van der Waals surface area contributed by atoms with Crippen LogP contribution in [0.2, 0.25) is 0 Å². The molecule has 2 saturated heterocycles. The Morgan fingerprint density at radius 2 is 2.27 bits per heavy atom. The molecule has 0 N–H and O–H groups in total. The molecule has 5 heteroatoms. The Bertz CT molecular complexity index is 283. The lowest BCUT2D eigenvalue weighted by Crippen LogP contribution is -2.44. The van der Waals surface area contributed by atoms with Gasteiger partial charge in [0.15, 0.2) is 6.17 Å². The van der Waals surface area contributed by atoms with Gasteiger partial charge in [-0.05, 0) is 20.3 Å². The minimum Gasteiger partial charge on any atom is -0.354 e. The molecule has 2 heterocycles. The Balaban J connectivity index is 2.24. The van der Waals surface area contributed by atoms with Crippen molar-refractivity contribution in [2.75, 3.05) is 13.3 Å². The molecule has 0 aromatic heterocycles. The molecular weight excluding hydrogens is 204 g/mol. The number of hydrogen-bond acceptors (Lipinski definition) is 2. The quantitative estimate of drug-likeness (QED) is 0.700. The fraction of sp³-hybridized carbons (Fsp3) is 0.900. The van der Waals surface area contributed by atoms with E-state index in [0.717, 1.165) is 0 Å². The van der Waals surface area contributed by atoms with E-state index in [4.69, 9.17) is 4.74 Å². The molecule has 0 unspecified atom stereocenters. The highest BCUT2D eigenvalue weighted by molar-refractivity contribution is 5.85. The van der Waals surface area contributed by atoms with Crippen molar-refractivity contribution >= 4 is 5.91 Å². The molecule has 2 aliphatic heterocycles. The first-order chi connectivity index (χ1) is 6.99. The molecule has 0 radical (unpaired) electrons. The number of carbonyl (C=O) groups is 1.